The molecule has 0 spiro atoms. The summed E-state index contributed by atoms with van der Waals surface area (Å²) in [6.45, 7) is 0. The molecule has 0 amide bonds. The van der Waals surface area contributed by atoms with Gasteiger partial charge in [0.1, 0.15) is 11.5 Å². The molecule has 3 rings (SSSR count). The molecule has 0 saturated carbocycles. The van der Waals surface area contributed by atoms with Crippen molar-refractivity contribution in [1.29, 1.82) is 0 Å². The van der Waals surface area contributed by atoms with Gasteiger partial charge in [-0.15, -0.1) is 11.3 Å². The SMILES string of the molecule is COc1ccc(-c2csc(Nc3ccc(Cl)cc3Cl)n2)c(OC)c1. The summed E-state index contributed by atoms with van der Waals surface area (Å²) in [6.07, 6.45) is 0. The first-order valence-electron chi connectivity index (χ1n) is 7.00. The van der Waals surface area contributed by atoms with E-state index in [0.717, 1.165) is 27.8 Å². The molecule has 0 unspecified atom stereocenters. The Kier molecular flexibility index (Phi) is 5.14. The quantitative estimate of drug-likeness (QED) is 0.600. The largest absolute Gasteiger partial charge is 0.497 e. The van der Waals surface area contributed by atoms with Crippen LogP contribution < -0.4 is 14.8 Å². The monoisotopic (exact) mass is 380 g/mol. The Morgan fingerprint density at radius 2 is 1.88 bits per heavy atom. The summed E-state index contributed by atoms with van der Waals surface area (Å²) >= 11 is 13.6. The van der Waals surface area contributed by atoms with E-state index < -0.39 is 0 Å². The zero-order valence-electron chi connectivity index (χ0n) is 13.0. The Labute approximate surface area is 154 Å². The van der Waals surface area contributed by atoms with Crippen LogP contribution in [0.1, 0.15) is 0 Å². The smallest absolute Gasteiger partial charge is 0.187 e. The van der Waals surface area contributed by atoms with Crippen molar-refractivity contribution in [2.45, 2.75) is 0 Å². The van der Waals surface area contributed by atoms with E-state index in [2.05, 4.69) is 10.3 Å². The van der Waals surface area contributed by atoms with E-state index in [-0.39, 0.29) is 0 Å². The number of ether oxygens (including phenoxy) is 2. The normalized spacial score (nSPS) is 10.5. The van der Waals surface area contributed by atoms with Gasteiger partial charge in [-0.3, -0.25) is 0 Å². The first-order chi connectivity index (χ1) is 11.6. The molecule has 24 heavy (non-hydrogen) atoms. The predicted octanol–water partition coefficient (Wildman–Crippen LogP) is 5.88. The molecular weight excluding hydrogens is 367 g/mol. The predicted molar refractivity (Wildman–Crippen MR) is 100 cm³/mol. The fourth-order valence-electron chi connectivity index (χ4n) is 2.17. The Bertz CT molecular complexity index is 868. The van der Waals surface area contributed by atoms with Crippen LogP contribution in [0.4, 0.5) is 10.8 Å². The molecule has 0 radical (unpaired) electrons. The maximum absolute atomic E-state index is 6.18. The fraction of sp³-hybridized carbons (Fsp3) is 0.118. The average molecular weight is 381 g/mol. The van der Waals surface area contributed by atoms with Crippen LogP contribution in [0.15, 0.2) is 41.8 Å². The lowest BCUT2D eigenvalue weighted by Gasteiger charge is -2.08. The van der Waals surface area contributed by atoms with Gasteiger partial charge in [0, 0.05) is 22.0 Å². The molecule has 4 nitrogen and oxygen atoms in total. The molecule has 0 aliphatic carbocycles. The highest BCUT2D eigenvalue weighted by Gasteiger charge is 2.12. The molecule has 0 saturated heterocycles. The molecule has 1 N–H and O–H groups in total. The summed E-state index contributed by atoms with van der Waals surface area (Å²) in [6, 6.07) is 10.9. The van der Waals surface area contributed by atoms with Gasteiger partial charge in [0.15, 0.2) is 5.13 Å². The molecule has 124 valence electrons. The van der Waals surface area contributed by atoms with E-state index in [1.165, 1.54) is 11.3 Å². The summed E-state index contributed by atoms with van der Waals surface area (Å²) in [4.78, 5) is 4.60. The fourth-order valence-corrected chi connectivity index (χ4v) is 3.35. The number of rotatable bonds is 5. The number of halogens is 2. The van der Waals surface area contributed by atoms with Crippen LogP contribution in [0.25, 0.3) is 11.3 Å². The lowest BCUT2D eigenvalue weighted by atomic mass is 10.1. The van der Waals surface area contributed by atoms with Crippen molar-refractivity contribution >= 4 is 45.4 Å². The highest BCUT2D eigenvalue weighted by Crippen LogP contribution is 2.36. The maximum atomic E-state index is 6.18. The van der Waals surface area contributed by atoms with E-state index in [4.69, 9.17) is 32.7 Å². The number of methoxy groups -OCH3 is 2. The minimum atomic E-state index is 0.543. The van der Waals surface area contributed by atoms with Crippen molar-refractivity contribution in [3.8, 4) is 22.8 Å². The molecule has 0 aliphatic heterocycles. The first kappa shape index (κ1) is 16.9. The molecule has 0 atom stereocenters. The van der Waals surface area contributed by atoms with E-state index >= 15 is 0 Å². The van der Waals surface area contributed by atoms with E-state index in [9.17, 15) is 0 Å². The van der Waals surface area contributed by atoms with Crippen LogP contribution in [0.2, 0.25) is 10.0 Å². The van der Waals surface area contributed by atoms with Crippen molar-refractivity contribution in [2.75, 3.05) is 19.5 Å². The van der Waals surface area contributed by atoms with Gasteiger partial charge in [-0.05, 0) is 30.3 Å². The number of aromatic nitrogens is 1. The molecule has 1 heterocycles. The van der Waals surface area contributed by atoms with E-state index in [1.54, 1.807) is 26.4 Å². The van der Waals surface area contributed by atoms with Crippen LogP contribution in [-0.2, 0) is 0 Å². The molecule has 0 aliphatic rings. The second-order valence-corrected chi connectivity index (χ2v) is 6.56. The zero-order valence-corrected chi connectivity index (χ0v) is 15.3. The second-order valence-electron chi connectivity index (χ2n) is 4.85. The number of nitrogens with zero attached hydrogens (tertiary/aromatic N) is 1. The lowest BCUT2D eigenvalue weighted by molar-refractivity contribution is 0.395. The summed E-state index contributed by atoms with van der Waals surface area (Å²) in [5, 5.41) is 7.02. The Hall–Kier alpha value is -1.95. The van der Waals surface area contributed by atoms with Gasteiger partial charge in [-0.25, -0.2) is 4.98 Å². The molecule has 3 aromatic rings. The zero-order chi connectivity index (χ0) is 17.1. The van der Waals surface area contributed by atoms with Crippen molar-refractivity contribution in [1.82, 2.24) is 4.98 Å². The number of hydrogen-bond acceptors (Lipinski definition) is 5. The summed E-state index contributed by atoms with van der Waals surface area (Å²) in [5.74, 6) is 1.44. The van der Waals surface area contributed by atoms with Crippen LogP contribution in [0.3, 0.4) is 0 Å². The first-order valence-corrected chi connectivity index (χ1v) is 8.64. The van der Waals surface area contributed by atoms with Gasteiger partial charge in [0.25, 0.3) is 0 Å². The average Bonchev–Trinajstić information content (AvgIpc) is 3.05. The highest BCUT2D eigenvalue weighted by atomic mass is 35.5. The van der Waals surface area contributed by atoms with Crippen LogP contribution in [0, 0.1) is 0 Å². The standard InChI is InChI=1S/C17H14Cl2N2O2S/c1-22-11-4-5-12(16(8-11)23-2)15-9-24-17(21-15)20-14-6-3-10(18)7-13(14)19/h3-9H,1-2H3,(H,20,21). The Morgan fingerprint density at radius 1 is 1.04 bits per heavy atom. The van der Waals surface area contributed by atoms with E-state index in [1.807, 2.05) is 29.6 Å². The third-order valence-electron chi connectivity index (χ3n) is 3.36. The Morgan fingerprint density at radius 3 is 2.58 bits per heavy atom. The molecule has 0 bridgehead atoms. The topological polar surface area (TPSA) is 43.4 Å². The van der Waals surface area contributed by atoms with Gasteiger partial charge in [-0.1, -0.05) is 23.2 Å². The second kappa shape index (κ2) is 7.30. The number of anilines is 2. The van der Waals surface area contributed by atoms with Gasteiger partial charge in [0.05, 0.1) is 30.6 Å². The van der Waals surface area contributed by atoms with Gasteiger partial charge in [0.2, 0.25) is 0 Å². The number of thiazole rings is 1. The van der Waals surface area contributed by atoms with Crippen molar-refractivity contribution in [3.05, 3.63) is 51.8 Å². The number of benzene rings is 2. The minimum Gasteiger partial charge on any atom is -0.497 e. The molecule has 7 heteroatoms. The van der Waals surface area contributed by atoms with Crippen LogP contribution >= 0.6 is 34.5 Å². The summed E-state index contributed by atoms with van der Waals surface area (Å²) in [5.41, 5.74) is 2.46. The number of hydrogen-bond donors (Lipinski definition) is 1. The lowest BCUT2D eigenvalue weighted by Crippen LogP contribution is -1.92. The van der Waals surface area contributed by atoms with Crippen molar-refractivity contribution < 1.29 is 9.47 Å². The van der Waals surface area contributed by atoms with Crippen LogP contribution in [-0.4, -0.2) is 19.2 Å². The maximum Gasteiger partial charge on any atom is 0.187 e. The van der Waals surface area contributed by atoms with Crippen molar-refractivity contribution in [2.24, 2.45) is 0 Å². The van der Waals surface area contributed by atoms with Crippen molar-refractivity contribution in [3.63, 3.8) is 0 Å². The van der Waals surface area contributed by atoms with E-state index in [0.29, 0.717) is 15.8 Å². The molecule has 1 aromatic heterocycles. The molecule has 0 fully saturated rings. The Balaban J connectivity index is 1.88. The molecular formula is C17H14Cl2N2O2S. The van der Waals surface area contributed by atoms with Gasteiger partial charge >= 0.3 is 0 Å². The third kappa shape index (κ3) is 3.59. The van der Waals surface area contributed by atoms with Gasteiger partial charge < -0.3 is 14.8 Å². The minimum absolute atomic E-state index is 0.543. The third-order valence-corrected chi connectivity index (χ3v) is 4.67. The summed E-state index contributed by atoms with van der Waals surface area (Å²) in [7, 11) is 3.24. The van der Waals surface area contributed by atoms with Gasteiger partial charge in [-0.2, -0.15) is 0 Å². The molecule has 2 aromatic carbocycles. The number of nitrogens with one attached hydrogen (secondary N) is 1. The highest BCUT2D eigenvalue weighted by molar-refractivity contribution is 7.14. The van der Waals surface area contributed by atoms with Crippen LogP contribution in [0.5, 0.6) is 11.5 Å². The summed E-state index contributed by atoms with van der Waals surface area (Å²) < 4.78 is 10.6.